The lowest BCUT2D eigenvalue weighted by molar-refractivity contribution is -0.384. The predicted octanol–water partition coefficient (Wildman–Crippen LogP) is 1.07. The van der Waals surface area contributed by atoms with E-state index in [0.29, 0.717) is 6.04 Å². The average molecular weight is 290 g/mol. The maximum atomic E-state index is 10.8. The van der Waals surface area contributed by atoms with Gasteiger partial charge in [-0.15, -0.1) is 0 Å². The van der Waals surface area contributed by atoms with Crippen LogP contribution in [0.3, 0.4) is 0 Å². The summed E-state index contributed by atoms with van der Waals surface area (Å²) in [5.41, 5.74) is 1.22. The van der Waals surface area contributed by atoms with Crippen LogP contribution in [0.15, 0.2) is 24.3 Å². The standard InChI is InChI=1S/C15H22N4O2/c20-19(21)14-3-1-2-13(10-14)11-17-7-4-15(12-17)18-8-5-16-6-9-18/h1-3,10,15-16H,4-9,11-12H2. The summed E-state index contributed by atoms with van der Waals surface area (Å²) >= 11 is 0. The first kappa shape index (κ1) is 14.4. The number of benzene rings is 1. The molecule has 1 N–H and O–H groups in total. The van der Waals surface area contributed by atoms with Gasteiger partial charge < -0.3 is 5.32 Å². The Kier molecular flexibility index (Phi) is 4.48. The van der Waals surface area contributed by atoms with Gasteiger partial charge in [0, 0.05) is 64.0 Å². The average Bonchev–Trinajstić information content (AvgIpc) is 2.97. The van der Waals surface area contributed by atoms with Crippen LogP contribution in [0.1, 0.15) is 12.0 Å². The van der Waals surface area contributed by atoms with Crippen LogP contribution in [-0.4, -0.2) is 60.0 Å². The zero-order chi connectivity index (χ0) is 14.7. The van der Waals surface area contributed by atoms with E-state index in [1.54, 1.807) is 18.2 Å². The molecule has 114 valence electrons. The maximum absolute atomic E-state index is 10.8. The van der Waals surface area contributed by atoms with Gasteiger partial charge >= 0.3 is 0 Å². The molecule has 3 rings (SSSR count). The molecule has 6 heteroatoms. The number of rotatable bonds is 4. The molecule has 2 aliphatic heterocycles. The van der Waals surface area contributed by atoms with Gasteiger partial charge in [-0.2, -0.15) is 0 Å². The zero-order valence-corrected chi connectivity index (χ0v) is 12.2. The monoisotopic (exact) mass is 290 g/mol. The van der Waals surface area contributed by atoms with Gasteiger partial charge in [0.1, 0.15) is 0 Å². The Balaban J connectivity index is 1.56. The number of non-ortho nitro benzene ring substituents is 1. The Morgan fingerprint density at radius 3 is 2.86 bits per heavy atom. The van der Waals surface area contributed by atoms with Crippen LogP contribution in [0.4, 0.5) is 5.69 Å². The first-order valence-electron chi connectivity index (χ1n) is 7.63. The lowest BCUT2D eigenvalue weighted by atomic mass is 10.2. The molecule has 1 atom stereocenters. The molecule has 0 bridgehead atoms. The molecule has 1 aromatic rings. The minimum Gasteiger partial charge on any atom is -0.314 e. The summed E-state index contributed by atoms with van der Waals surface area (Å²) in [6, 6.07) is 7.64. The van der Waals surface area contributed by atoms with Crippen molar-refractivity contribution in [1.29, 1.82) is 0 Å². The normalized spacial score (nSPS) is 24.3. The van der Waals surface area contributed by atoms with Crippen molar-refractivity contribution in [3.05, 3.63) is 39.9 Å². The van der Waals surface area contributed by atoms with E-state index in [2.05, 4.69) is 15.1 Å². The first-order chi connectivity index (χ1) is 10.2. The van der Waals surface area contributed by atoms with E-state index in [-0.39, 0.29) is 10.6 Å². The van der Waals surface area contributed by atoms with Crippen molar-refractivity contribution < 1.29 is 4.92 Å². The SMILES string of the molecule is O=[N+]([O-])c1cccc(CN2CCC(N3CCNCC3)C2)c1. The predicted molar refractivity (Wildman–Crippen MR) is 81.2 cm³/mol. The third-order valence-electron chi connectivity index (χ3n) is 4.44. The van der Waals surface area contributed by atoms with Crippen molar-refractivity contribution in [3.8, 4) is 0 Å². The molecule has 2 heterocycles. The fraction of sp³-hybridized carbons (Fsp3) is 0.600. The lowest BCUT2D eigenvalue weighted by Gasteiger charge is -2.32. The molecule has 0 saturated carbocycles. The number of hydrogen-bond acceptors (Lipinski definition) is 5. The smallest absolute Gasteiger partial charge is 0.269 e. The van der Waals surface area contributed by atoms with Crippen molar-refractivity contribution in [1.82, 2.24) is 15.1 Å². The Morgan fingerprint density at radius 2 is 2.10 bits per heavy atom. The van der Waals surface area contributed by atoms with Crippen LogP contribution >= 0.6 is 0 Å². The molecule has 2 fully saturated rings. The molecule has 0 amide bonds. The minimum atomic E-state index is -0.322. The second-order valence-electron chi connectivity index (χ2n) is 5.89. The zero-order valence-electron chi connectivity index (χ0n) is 12.2. The van der Waals surface area contributed by atoms with E-state index >= 15 is 0 Å². The van der Waals surface area contributed by atoms with Crippen LogP contribution in [0.25, 0.3) is 0 Å². The third-order valence-corrected chi connectivity index (χ3v) is 4.44. The number of likely N-dealkylation sites (tertiary alicyclic amines) is 1. The number of piperazine rings is 1. The second-order valence-corrected chi connectivity index (χ2v) is 5.89. The van der Waals surface area contributed by atoms with E-state index in [4.69, 9.17) is 0 Å². The number of hydrogen-bond donors (Lipinski definition) is 1. The first-order valence-corrected chi connectivity index (χ1v) is 7.63. The van der Waals surface area contributed by atoms with Crippen molar-refractivity contribution >= 4 is 5.69 Å². The van der Waals surface area contributed by atoms with Gasteiger partial charge in [0.2, 0.25) is 0 Å². The molecular weight excluding hydrogens is 268 g/mol. The molecule has 1 aromatic carbocycles. The largest absolute Gasteiger partial charge is 0.314 e. The van der Waals surface area contributed by atoms with Crippen LogP contribution in [-0.2, 0) is 6.54 Å². The quantitative estimate of drug-likeness (QED) is 0.664. The fourth-order valence-electron chi connectivity index (χ4n) is 3.33. The van der Waals surface area contributed by atoms with E-state index in [1.165, 1.54) is 6.42 Å². The molecule has 0 aromatic heterocycles. The molecule has 2 saturated heterocycles. The van der Waals surface area contributed by atoms with Crippen LogP contribution in [0, 0.1) is 10.1 Å². The highest BCUT2D eigenvalue weighted by molar-refractivity contribution is 5.34. The Morgan fingerprint density at radius 1 is 1.29 bits per heavy atom. The van der Waals surface area contributed by atoms with Crippen molar-refractivity contribution in [2.24, 2.45) is 0 Å². The summed E-state index contributed by atoms with van der Waals surface area (Å²) in [6.07, 6.45) is 1.20. The second kappa shape index (κ2) is 6.51. The Labute approximate surface area is 124 Å². The molecule has 21 heavy (non-hydrogen) atoms. The van der Waals surface area contributed by atoms with Gasteiger partial charge in [-0.25, -0.2) is 0 Å². The van der Waals surface area contributed by atoms with Crippen molar-refractivity contribution in [2.45, 2.75) is 19.0 Å². The van der Waals surface area contributed by atoms with E-state index in [1.807, 2.05) is 6.07 Å². The van der Waals surface area contributed by atoms with E-state index in [9.17, 15) is 10.1 Å². The van der Waals surface area contributed by atoms with Crippen LogP contribution < -0.4 is 5.32 Å². The van der Waals surface area contributed by atoms with E-state index < -0.39 is 0 Å². The number of nitrogens with zero attached hydrogens (tertiary/aromatic N) is 3. The number of nitrogens with one attached hydrogen (secondary N) is 1. The minimum absolute atomic E-state index is 0.186. The number of nitro benzene ring substituents is 1. The number of nitro groups is 1. The topological polar surface area (TPSA) is 61.7 Å². The van der Waals surface area contributed by atoms with Gasteiger partial charge in [-0.1, -0.05) is 12.1 Å². The molecular formula is C15H22N4O2. The van der Waals surface area contributed by atoms with Crippen LogP contribution in [0.5, 0.6) is 0 Å². The van der Waals surface area contributed by atoms with Gasteiger partial charge in [0.25, 0.3) is 5.69 Å². The summed E-state index contributed by atoms with van der Waals surface area (Å²) in [7, 11) is 0. The summed E-state index contributed by atoms with van der Waals surface area (Å²) in [5.74, 6) is 0. The summed E-state index contributed by atoms with van der Waals surface area (Å²) in [4.78, 5) is 15.5. The van der Waals surface area contributed by atoms with Gasteiger partial charge in [0.05, 0.1) is 4.92 Å². The molecule has 1 unspecified atom stereocenters. The molecule has 0 radical (unpaired) electrons. The molecule has 0 spiro atoms. The highest BCUT2D eigenvalue weighted by atomic mass is 16.6. The highest BCUT2D eigenvalue weighted by Crippen LogP contribution is 2.20. The van der Waals surface area contributed by atoms with Gasteiger partial charge in [-0.3, -0.25) is 19.9 Å². The maximum Gasteiger partial charge on any atom is 0.269 e. The molecule has 6 nitrogen and oxygen atoms in total. The van der Waals surface area contributed by atoms with Crippen molar-refractivity contribution in [2.75, 3.05) is 39.3 Å². The third kappa shape index (κ3) is 3.58. The summed E-state index contributed by atoms with van der Waals surface area (Å²) in [6.45, 7) is 7.40. The molecule has 2 aliphatic rings. The van der Waals surface area contributed by atoms with Crippen LogP contribution in [0.2, 0.25) is 0 Å². The summed E-state index contributed by atoms with van der Waals surface area (Å²) < 4.78 is 0. The van der Waals surface area contributed by atoms with E-state index in [0.717, 1.165) is 51.4 Å². The Hall–Kier alpha value is -1.50. The Bertz CT molecular complexity index is 502. The van der Waals surface area contributed by atoms with Gasteiger partial charge in [0.15, 0.2) is 0 Å². The van der Waals surface area contributed by atoms with Gasteiger partial charge in [-0.05, 0) is 12.0 Å². The van der Waals surface area contributed by atoms with Crippen molar-refractivity contribution in [3.63, 3.8) is 0 Å². The fourth-order valence-corrected chi connectivity index (χ4v) is 3.33. The summed E-state index contributed by atoms with van der Waals surface area (Å²) in [5, 5.41) is 14.2. The lowest BCUT2D eigenvalue weighted by Crippen LogP contribution is -2.49. The highest BCUT2D eigenvalue weighted by Gasteiger charge is 2.28. The molecule has 0 aliphatic carbocycles.